The summed E-state index contributed by atoms with van der Waals surface area (Å²) < 4.78 is 7.45. The van der Waals surface area contributed by atoms with Crippen LogP contribution in [-0.4, -0.2) is 51.9 Å². The van der Waals surface area contributed by atoms with Crippen LogP contribution < -0.4 is 5.56 Å². The maximum atomic E-state index is 12.8. The van der Waals surface area contributed by atoms with Crippen molar-refractivity contribution in [2.75, 3.05) is 19.7 Å². The van der Waals surface area contributed by atoms with Crippen LogP contribution in [0.5, 0.6) is 0 Å². The van der Waals surface area contributed by atoms with Gasteiger partial charge < -0.3 is 19.3 Å². The second kappa shape index (κ2) is 6.92. The number of ether oxygens (including phenoxy) is 1. The molecule has 138 valence electrons. The Morgan fingerprint density at radius 3 is 2.60 bits per heavy atom. The fourth-order valence-corrected chi connectivity index (χ4v) is 4.04. The molecule has 25 heavy (non-hydrogen) atoms. The molecule has 2 fully saturated rings. The molecule has 2 saturated heterocycles. The average Bonchev–Trinajstić information content (AvgIpc) is 2.60. The number of hydrogen-bond donors (Lipinski definition) is 1. The number of hydrogen-bond acceptors (Lipinski definition) is 4. The summed E-state index contributed by atoms with van der Waals surface area (Å²) in [5.41, 5.74) is 0.373. The predicted octanol–water partition coefficient (Wildman–Crippen LogP) is 1.65. The summed E-state index contributed by atoms with van der Waals surface area (Å²) in [7, 11) is 1.71. The maximum absolute atomic E-state index is 12.8. The molecule has 2 aliphatic rings. The van der Waals surface area contributed by atoms with Crippen LogP contribution in [0.2, 0.25) is 0 Å². The molecule has 3 rings (SSSR count). The second-order valence-corrected chi connectivity index (χ2v) is 7.55. The third kappa shape index (κ3) is 3.25. The van der Waals surface area contributed by atoms with Crippen molar-refractivity contribution in [1.29, 1.82) is 0 Å². The lowest BCUT2D eigenvalue weighted by Crippen LogP contribution is -2.56. The largest absolute Gasteiger partial charge is 0.390 e. The van der Waals surface area contributed by atoms with E-state index < -0.39 is 11.7 Å². The number of aromatic nitrogens is 1. The highest BCUT2D eigenvalue weighted by molar-refractivity contribution is 5.94. The third-order valence-electron chi connectivity index (χ3n) is 5.68. The minimum atomic E-state index is -0.512. The zero-order valence-electron chi connectivity index (χ0n) is 15.3. The highest BCUT2D eigenvalue weighted by atomic mass is 16.5. The number of nitrogens with zero attached hydrogens (tertiary/aromatic N) is 2. The number of aliphatic hydroxyl groups is 1. The van der Waals surface area contributed by atoms with Gasteiger partial charge in [-0.2, -0.15) is 0 Å². The number of carbonyl (C=O) groups excluding carboxylic acids is 1. The summed E-state index contributed by atoms with van der Waals surface area (Å²) in [6.07, 6.45) is 2.40. The minimum Gasteiger partial charge on any atom is -0.390 e. The van der Waals surface area contributed by atoms with E-state index in [9.17, 15) is 14.7 Å². The Hall–Kier alpha value is -1.66. The van der Waals surface area contributed by atoms with Gasteiger partial charge in [-0.25, -0.2) is 0 Å². The van der Waals surface area contributed by atoms with Crippen molar-refractivity contribution in [2.45, 2.75) is 57.2 Å². The fourth-order valence-electron chi connectivity index (χ4n) is 4.04. The topological polar surface area (TPSA) is 71.8 Å². The smallest absolute Gasteiger partial charge is 0.263 e. The molecule has 1 spiro atoms. The van der Waals surface area contributed by atoms with Gasteiger partial charge in [0.25, 0.3) is 11.5 Å². The van der Waals surface area contributed by atoms with Crippen LogP contribution in [0, 0.1) is 0 Å². The lowest BCUT2D eigenvalue weighted by Gasteiger charge is -2.46. The summed E-state index contributed by atoms with van der Waals surface area (Å²) >= 11 is 0. The molecule has 1 aromatic rings. The lowest BCUT2D eigenvalue weighted by molar-refractivity contribution is -0.174. The Morgan fingerprint density at radius 1 is 1.32 bits per heavy atom. The SMILES string of the molecule is CC(C)c1ccc(C(=O)N2CCC3(CC2)OCCC[C@@H]3O)c(=O)n1C. The Labute approximate surface area is 148 Å². The van der Waals surface area contributed by atoms with Crippen molar-refractivity contribution in [3.63, 3.8) is 0 Å². The Bertz CT molecular complexity index is 702. The molecule has 6 heteroatoms. The van der Waals surface area contributed by atoms with Gasteiger partial charge in [-0.1, -0.05) is 13.8 Å². The van der Waals surface area contributed by atoms with Gasteiger partial charge >= 0.3 is 0 Å². The first-order chi connectivity index (χ1) is 11.9. The molecule has 1 amide bonds. The molecule has 0 aromatic carbocycles. The number of aliphatic hydroxyl groups excluding tert-OH is 1. The van der Waals surface area contributed by atoms with E-state index in [4.69, 9.17) is 4.74 Å². The van der Waals surface area contributed by atoms with Crippen molar-refractivity contribution in [2.24, 2.45) is 7.05 Å². The molecule has 0 radical (unpaired) electrons. The summed E-state index contributed by atoms with van der Waals surface area (Å²) in [5, 5.41) is 10.3. The Morgan fingerprint density at radius 2 is 2.00 bits per heavy atom. The summed E-state index contributed by atoms with van der Waals surface area (Å²) in [6.45, 7) is 5.73. The van der Waals surface area contributed by atoms with Crippen LogP contribution >= 0.6 is 0 Å². The molecule has 0 saturated carbocycles. The Balaban J connectivity index is 1.75. The van der Waals surface area contributed by atoms with Crippen molar-refractivity contribution < 1.29 is 14.6 Å². The fraction of sp³-hybridized carbons (Fsp3) is 0.684. The normalized spacial score (nSPS) is 23.2. The van der Waals surface area contributed by atoms with Crippen LogP contribution in [0.3, 0.4) is 0 Å². The number of carbonyl (C=O) groups is 1. The van der Waals surface area contributed by atoms with Gasteiger partial charge in [0.1, 0.15) is 5.56 Å². The van der Waals surface area contributed by atoms with E-state index in [0.29, 0.717) is 32.5 Å². The zero-order chi connectivity index (χ0) is 18.2. The van der Waals surface area contributed by atoms with Gasteiger partial charge in [0.05, 0.1) is 11.7 Å². The first kappa shape index (κ1) is 18.1. The monoisotopic (exact) mass is 348 g/mol. The molecule has 3 heterocycles. The van der Waals surface area contributed by atoms with Crippen LogP contribution in [-0.2, 0) is 11.8 Å². The van der Waals surface area contributed by atoms with Crippen molar-refractivity contribution in [1.82, 2.24) is 9.47 Å². The predicted molar refractivity (Wildman–Crippen MR) is 94.8 cm³/mol. The highest BCUT2D eigenvalue weighted by Crippen LogP contribution is 2.35. The van der Waals surface area contributed by atoms with E-state index in [2.05, 4.69) is 0 Å². The zero-order valence-corrected chi connectivity index (χ0v) is 15.3. The van der Waals surface area contributed by atoms with Gasteiger partial charge in [0, 0.05) is 32.4 Å². The Kier molecular flexibility index (Phi) is 5.02. The standard InChI is InChI=1S/C19H28N2O4/c1-13(2)15-7-6-14(17(23)20(15)3)18(24)21-10-8-19(9-11-21)16(22)5-4-12-25-19/h6-7,13,16,22H,4-5,8-12H2,1-3H3/t16-/m0/s1. The van der Waals surface area contributed by atoms with Gasteiger partial charge in [-0.05, 0) is 43.7 Å². The van der Waals surface area contributed by atoms with E-state index in [1.807, 2.05) is 19.9 Å². The molecule has 1 atom stereocenters. The number of pyridine rings is 1. The molecule has 1 N–H and O–H groups in total. The third-order valence-corrected chi connectivity index (χ3v) is 5.68. The van der Waals surface area contributed by atoms with Crippen LogP contribution in [0.15, 0.2) is 16.9 Å². The van der Waals surface area contributed by atoms with Crippen LogP contribution in [0.25, 0.3) is 0 Å². The van der Waals surface area contributed by atoms with Gasteiger partial charge in [-0.3, -0.25) is 9.59 Å². The first-order valence-corrected chi connectivity index (χ1v) is 9.17. The molecule has 1 aromatic heterocycles. The molecule has 2 aliphatic heterocycles. The van der Waals surface area contributed by atoms with Crippen LogP contribution in [0.4, 0.5) is 0 Å². The van der Waals surface area contributed by atoms with Crippen molar-refractivity contribution >= 4 is 5.91 Å². The number of amides is 1. The van der Waals surface area contributed by atoms with Gasteiger partial charge in [0.2, 0.25) is 0 Å². The van der Waals surface area contributed by atoms with E-state index in [1.165, 1.54) is 0 Å². The second-order valence-electron chi connectivity index (χ2n) is 7.55. The van der Waals surface area contributed by atoms with Crippen LogP contribution in [0.1, 0.15) is 61.5 Å². The molecule has 0 unspecified atom stereocenters. The highest BCUT2D eigenvalue weighted by Gasteiger charge is 2.44. The maximum Gasteiger partial charge on any atom is 0.263 e. The molecular formula is C19H28N2O4. The number of likely N-dealkylation sites (tertiary alicyclic amines) is 1. The first-order valence-electron chi connectivity index (χ1n) is 9.17. The quantitative estimate of drug-likeness (QED) is 0.882. The number of rotatable bonds is 2. The minimum absolute atomic E-state index is 0.216. The summed E-state index contributed by atoms with van der Waals surface area (Å²) in [5.74, 6) is -0.00214. The molecule has 0 aliphatic carbocycles. The lowest BCUT2D eigenvalue weighted by atomic mass is 9.82. The van der Waals surface area contributed by atoms with Crippen molar-refractivity contribution in [3.8, 4) is 0 Å². The summed E-state index contributed by atoms with van der Waals surface area (Å²) in [6, 6.07) is 3.51. The number of piperidine rings is 1. The van der Waals surface area contributed by atoms with E-state index in [0.717, 1.165) is 18.5 Å². The molecular weight excluding hydrogens is 320 g/mol. The van der Waals surface area contributed by atoms with E-state index in [1.54, 1.807) is 22.6 Å². The van der Waals surface area contributed by atoms with Gasteiger partial charge in [-0.15, -0.1) is 0 Å². The summed E-state index contributed by atoms with van der Waals surface area (Å²) in [4.78, 5) is 27.1. The van der Waals surface area contributed by atoms with Crippen molar-refractivity contribution in [3.05, 3.63) is 33.7 Å². The van der Waals surface area contributed by atoms with Gasteiger partial charge in [0.15, 0.2) is 0 Å². The van der Waals surface area contributed by atoms with E-state index in [-0.39, 0.29) is 22.9 Å². The molecule has 0 bridgehead atoms. The average molecular weight is 348 g/mol. The van der Waals surface area contributed by atoms with E-state index >= 15 is 0 Å². The molecule has 6 nitrogen and oxygen atoms in total.